The van der Waals surface area contributed by atoms with Crippen molar-refractivity contribution in [1.82, 2.24) is 0 Å². The van der Waals surface area contributed by atoms with Crippen molar-refractivity contribution in [3.8, 4) is 0 Å². The molecular weight excluding hydrogens is 350 g/mol. The van der Waals surface area contributed by atoms with Crippen LogP contribution in [0, 0.1) is 0 Å². The summed E-state index contributed by atoms with van der Waals surface area (Å²) in [6.45, 7) is 2.27. The van der Waals surface area contributed by atoms with E-state index >= 15 is 0 Å². The largest absolute Gasteiger partial charge is 0.317 e. The van der Waals surface area contributed by atoms with Gasteiger partial charge in [-0.25, -0.2) is 0 Å². The van der Waals surface area contributed by atoms with Gasteiger partial charge in [0.05, 0.1) is 5.54 Å². The van der Waals surface area contributed by atoms with Crippen LogP contribution < -0.4 is 5.73 Å². The first kappa shape index (κ1) is 21.3. The van der Waals surface area contributed by atoms with Gasteiger partial charge in [-0.15, -0.1) is 0 Å². The Morgan fingerprint density at radius 2 is 1.07 bits per heavy atom. The highest BCUT2D eigenvalue weighted by atomic mass is 14.8. The van der Waals surface area contributed by atoms with E-state index in [4.69, 9.17) is 5.73 Å². The average Bonchev–Trinajstić information content (AvgIpc) is 2.80. The SMILES string of the molecule is CCCCCCCCC(c1ccccc1)C(N)(c1ccccc1)c1ccccc1. The molecule has 0 aliphatic rings. The lowest BCUT2D eigenvalue weighted by atomic mass is 9.69. The summed E-state index contributed by atoms with van der Waals surface area (Å²) in [6.07, 6.45) is 8.89. The Hall–Kier alpha value is -2.38. The van der Waals surface area contributed by atoms with E-state index in [1.54, 1.807) is 0 Å². The van der Waals surface area contributed by atoms with Gasteiger partial charge in [-0.1, -0.05) is 136 Å². The van der Waals surface area contributed by atoms with Crippen molar-refractivity contribution in [2.24, 2.45) is 5.73 Å². The molecule has 1 heteroatoms. The minimum atomic E-state index is -0.548. The first-order chi connectivity index (χ1) is 14.3. The first-order valence-corrected chi connectivity index (χ1v) is 11.2. The van der Waals surface area contributed by atoms with Gasteiger partial charge in [-0.3, -0.25) is 0 Å². The molecule has 2 N–H and O–H groups in total. The van der Waals surface area contributed by atoms with Crippen molar-refractivity contribution in [3.63, 3.8) is 0 Å². The Kier molecular flexibility index (Phi) is 8.07. The van der Waals surface area contributed by atoms with Crippen molar-refractivity contribution in [3.05, 3.63) is 108 Å². The summed E-state index contributed by atoms with van der Waals surface area (Å²) in [5.74, 6) is 0.236. The van der Waals surface area contributed by atoms with E-state index in [-0.39, 0.29) is 5.92 Å². The fourth-order valence-electron chi connectivity index (χ4n) is 4.47. The second kappa shape index (κ2) is 11.0. The average molecular weight is 386 g/mol. The normalized spacial score (nSPS) is 12.6. The molecule has 0 heterocycles. The van der Waals surface area contributed by atoms with Gasteiger partial charge in [0, 0.05) is 5.92 Å². The molecule has 29 heavy (non-hydrogen) atoms. The van der Waals surface area contributed by atoms with Crippen LogP contribution in [0.2, 0.25) is 0 Å². The molecule has 0 amide bonds. The van der Waals surface area contributed by atoms with E-state index in [0.29, 0.717) is 0 Å². The number of rotatable bonds is 11. The maximum absolute atomic E-state index is 7.38. The highest BCUT2D eigenvalue weighted by Crippen LogP contribution is 2.43. The Balaban J connectivity index is 1.95. The number of hydrogen-bond acceptors (Lipinski definition) is 1. The summed E-state index contributed by atoms with van der Waals surface area (Å²) in [6, 6.07) is 32.2. The van der Waals surface area contributed by atoms with Crippen LogP contribution in [0.3, 0.4) is 0 Å². The maximum atomic E-state index is 7.38. The third kappa shape index (κ3) is 5.36. The summed E-state index contributed by atoms with van der Waals surface area (Å²) in [5, 5.41) is 0. The summed E-state index contributed by atoms with van der Waals surface area (Å²) in [4.78, 5) is 0. The van der Waals surface area contributed by atoms with Crippen LogP contribution >= 0.6 is 0 Å². The molecule has 152 valence electrons. The molecule has 0 saturated heterocycles. The topological polar surface area (TPSA) is 26.0 Å². The lowest BCUT2D eigenvalue weighted by Gasteiger charge is -2.39. The van der Waals surface area contributed by atoms with Gasteiger partial charge >= 0.3 is 0 Å². The van der Waals surface area contributed by atoms with Gasteiger partial charge in [0.25, 0.3) is 0 Å². The summed E-state index contributed by atoms with van der Waals surface area (Å²) in [7, 11) is 0. The Bertz CT molecular complexity index is 771. The Labute approximate surface area is 177 Å². The fourth-order valence-corrected chi connectivity index (χ4v) is 4.47. The second-order valence-corrected chi connectivity index (χ2v) is 8.12. The minimum Gasteiger partial charge on any atom is -0.317 e. The summed E-state index contributed by atoms with van der Waals surface area (Å²) in [5.41, 5.74) is 10.5. The fraction of sp³-hybridized carbons (Fsp3) is 0.357. The summed E-state index contributed by atoms with van der Waals surface area (Å²) < 4.78 is 0. The van der Waals surface area contributed by atoms with Crippen molar-refractivity contribution >= 4 is 0 Å². The van der Waals surface area contributed by atoms with Crippen LogP contribution in [-0.2, 0) is 5.54 Å². The predicted molar refractivity (Wildman–Crippen MR) is 125 cm³/mol. The first-order valence-electron chi connectivity index (χ1n) is 11.2. The van der Waals surface area contributed by atoms with Gasteiger partial charge in [0.15, 0.2) is 0 Å². The van der Waals surface area contributed by atoms with Crippen LogP contribution in [0.15, 0.2) is 91.0 Å². The lowest BCUT2D eigenvalue weighted by Crippen LogP contribution is -2.44. The quantitative estimate of drug-likeness (QED) is 0.341. The minimum absolute atomic E-state index is 0.236. The Morgan fingerprint density at radius 1 is 0.621 bits per heavy atom. The number of nitrogens with two attached hydrogens (primary N) is 1. The van der Waals surface area contributed by atoms with Crippen LogP contribution in [0.25, 0.3) is 0 Å². The predicted octanol–water partition coefficient (Wildman–Crippen LogP) is 7.42. The molecule has 1 unspecified atom stereocenters. The molecule has 1 nitrogen and oxygen atoms in total. The number of unbranched alkanes of at least 4 members (excludes halogenated alkanes) is 5. The van der Waals surface area contributed by atoms with Crippen LogP contribution in [0.5, 0.6) is 0 Å². The van der Waals surface area contributed by atoms with Crippen LogP contribution in [-0.4, -0.2) is 0 Å². The second-order valence-electron chi connectivity index (χ2n) is 8.12. The zero-order valence-corrected chi connectivity index (χ0v) is 17.8. The molecule has 3 rings (SSSR count). The molecule has 0 radical (unpaired) electrons. The van der Waals surface area contributed by atoms with E-state index < -0.39 is 5.54 Å². The molecule has 3 aromatic rings. The van der Waals surface area contributed by atoms with Gasteiger partial charge in [0.2, 0.25) is 0 Å². The molecular formula is C28H35N. The smallest absolute Gasteiger partial charge is 0.0735 e. The highest BCUT2D eigenvalue weighted by Gasteiger charge is 2.38. The van der Waals surface area contributed by atoms with Crippen molar-refractivity contribution < 1.29 is 0 Å². The molecule has 0 fully saturated rings. The summed E-state index contributed by atoms with van der Waals surface area (Å²) >= 11 is 0. The molecule has 0 spiro atoms. The van der Waals surface area contributed by atoms with Crippen molar-refractivity contribution in [2.45, 2.75) is 63.3 Å². The van der Waals surface area contributed by atoms with E-state index in [1.165, 1.54) is 55.2 Å². The molecule has 0 aliphatic heterocycles. The maximum Gasteiger partial charge on any atom is 0.0735 e. The molecule has 0 bridgehead atoms. The van der Waals surface area contributed by atoms with Crippen LogP contribution in [0.4, 0.5) is 0 Å². The van der Waals surface area contributed by atoms with Crippen molar-refractivity contribution in [2.75, 3.05) is 0 Å². The zero-order chi connectivity index (χ0) is 20.4. The zero-order valence-electron chi connectivity index (χ0n) is 17.8. The lowest BCUT2D eigenvalue weighted by molar-refractivity contribution is 0.385. The monoisotopic (exact) mass is 385 g/mol. The van der Waals surface area contributed by atoms with Gasteiger partial charge in [-0.05, 0) is 23.1 Å². The van der Waals surface area contributed by atoms with E-state index in [1.807, 2.05) is 0 Å². The molecule has 0 saturated carbocycles. The van der Waals surface area contributed by atoms with Gasteiger partial charge in [0.1, 0.15) is 0 Å². The van der Waals surface area contributed by atoms with E-state index in [9.17, 15) is 0 Å². The van der Waals surface area contributed by atoms with Gasteiger partial charge < -0.3 is 5.73 Å². The Morgan fingerprint density at radius 3 is 1.59 bits per heavy atom. The number of benzene rings is 3. The highest BCUT2D eigenvalue weighted by molar-refractivity contribution is 5.43. The standard InChI is InChI=1S/C28H35N/c1-2-3-4-5-6-16-23-27(24-17-10-7-11-18-24)28(29,25-19-12-8-13-20-25)26-21-14-9-15-22-26/h7-15,17-22,27H,2-6,16,23,29H2,1H3. The van der Waals surface area contributed by atoms with Crippen molar-refractivity contribution in [1.29, 1.82) is 0 Å². The molecule has 0 aliphatic carbocycles. The van der Waals surface area contributed by atoms with E-state index in [2.05, 4.69) is 97.9 Å². The molecule has 3 aromatic carbocycles. The third-order valence-corrected chi connectivity index (χ3v) is 6.10. The van der Waals surface area contributed by atoms with Gasteiger partial charge in [-0.2, -0.15) is 0 Å². The third-order valence-electron chi connectivity index (χ3n) is 6.10. The van der Waals surface area contributed by atoms with Crippen LogP contribution in [0.1, 0.15) is 74.5 Å². The van der Waals surface area contributed by atoms with E-state index in [0.717, 1.165) is 6.42 Å². The number of hydrogen-bond donors (Lipinski definition) is 1. The molecule has 1 atom stereocenters. The molecule has 0 aromatic heterocycles.